The van der Waals surface area contributed by atoms with Crippen LogP contribution in [-0.4, -0.2) is 36.9 Å². The molecule has 0 heterocycles. The molecule has 0 unspecified atom stereocenters. The second-order valence-corrected chi connectivity index (χ2v) is 9.50. The van der Waals surface area contributed by atoms with E-state index in [9.17, 15) is 14.4 Å². The van der Waals surface area contributed by atoms with Gasteiger partial charge in [0.05, 0.1) is 6.26 Å². The average molecular weight is 543 g/mol. The normalized spacial score (nSPS) is 10.6. The molecule has 0 bridgehead atoms. The Morgan fingerprint density at radius 2 is 1.49 bits per heavy atom. The molecule has 0 saturated heterocycles. The molecule has 0 fully saturated rings. The predicted molar refractivity (Wildman–Crippen MR) is 151 cm³/mol. The zero-order chi connectivity index (χ0) is 27.8. The third-order valence-corrected chi connectivity index (χ3v) is 6.51. The lowest BCUT2D eigenvalue weighted by Crippen LogP contribution is -2.12. The fourth-order valence-corrected chi connectivity index (χ4v) is 4.45. The first kappa shape index (κ1) is 27.5. The van der Waals surface area contributed by atoms with Crippen LogP contribution in [-0.2, 0) is 19.1 Å². The van der Waals surface area contributed by atoms with Crippen molar-refractivity contribution in [1.29, 1.82) is 0 Å². The number of thioether (sulfide) groups is 1. The second kappa shape index (κ2) is 12.8. The maximum Gasteiger partial charge on any atom is 0.348 e. The minimum absolute atomic E-state index is 0.0867. The van der Waals surface area contributed by atoms with Gasteiger partial charge in [-0.3, -0.25) is 4.79 Å². The third kappa shape index (κ3) is 7.27. The average Bonchev–Trinajstić information content (AvgIpc) is 2.94. The lowest BCUT2D eigenvalue weighted by Gasteiger charge is -2.10. The van der Waals surface area contributed by atoms with Gasteiger partial charge < -0.3 is 18.9 Å². The molecule has 39 heavy (non-hydrogen) atoms. The fourth-order valence-electron chi connectivity index (χ4n) is 3.72. The van der Waals surface area contributed by atoms with Crippen LogP contribution in [0.4, 0.5) is 0 Å². The van der Waals surface area contributed by atoms with Gasteiger partial charge in [-0.05, 0) is 88.8 Å². The Hall–Kier alpha value is -4.56. The topological polar surface area (TPSA) is 88.1 Å². The van der Waals surface area contributed by atoms with Crippen molar-refractivity contribution in [2.75, 3.05) is 19.8 Å². The van der Waals surface area contributed by atoms with E-state index in [4.69, 9.17) is 14.2 Å². The Morgan fingerprint density at radius 3 is 2.18 bits per heavy atom. The summed E-state index contributed by atoms with van der Waals surface area (Å²) >= 11 is 1.11. The molecule has 0 aliphatic heterocycles. The molecule has 4 aromatic carbocycles. The van der Waals surface area contributed by atoms with Gasteiger partial charge in [-0.15, -0.1) is 0 Å². The van der Waals surface area contributed by atoms with Crippen molar-refractivity contribution >= 4 is 50.4 Å². The van der Waals surface area contributed by atoms with Crippen LogP contribution >= 0.6 is 11.8 Å². The highest BCUT2D eigenvalue weighted by atomic mass is 32.2. The van der Waals surface area contributed by atoms with E-state index in [1.54, 1.807) is 31.2 Å². The van der Waals surface area contributed by atoms with Gasteiger partial charge in [0.1, 0.15) is 24.7 Å². The van der Waals surface area contributed by atoms with Crippen LogP contribution in [0, 0.1) is 0 Å². The number of carbonyl (C=O) groups is 3. The van der Waals surface area contributed by atoms with E-state index in [0.717, 1.165) is 44.5 Å². The molecule has 0 atom stereocenters. The zero-order valence-electron chi connectivity index (χ0n) is 21.3. The largest absolute Gasteiger partial charge is 0.490 e. The summed E-state index contributed by atoms with van der Waals surface area (Å²) in [7, 11) is 0. The van der Waals surface area contributed by atoms with Crippen LogP contribution < -0.4 is 9.47 Å². The van der Waals surface area contributed by atoms with E-state index in [0.29, 0.717) is 22.6 Å². The summed E-state index contributed by atoms with van der Waals surface area (Å²) in [6.45, 7) is 8.61. The molecular weight excluding hydrogens is 516 g/mol. The van der Waals surface area contributed by atoms with Crippen molar-refractivity contribution < 1.29 is 33.3 Å². The molecule has 0 saturated carbocycles. The second-order valence-electron chi connectivity index (χ2n) is 8.46. The van der Waals surface area contributed by atoms with Gasteiger partial charge in [-0.2, -0.15) is 0 Å². The van der Waals surface area contributed by atoms with Crippen molar-refractivity contribution in [2.24, 2.45) is 0 Å². The quantitative estimate of drug-likeness (QED) is 0.0531. The first-order valence-corrected chi connectivity index (χ1v) is 12.8. The Bertz CT molecular complexity index is 1560. The third-order valence-electron chi connectivity index (χ3n) is 5.58. The van der Waals surface area contributed by atoms with Gasteiger partial charge in [0.2, 0.25) is 5.12 Å². The predicted octanol–water partition coefficient (Wildman–Crippen LogP) is 6.49. The van der Waals surface area contributed by atoms with Gasteiger partial charge in [-0.1, -0.05) is 37.4 Å². The van der Waals surface area contributed by atoms with Gasteiger partial charge in [0.15, 0.2) is 6.61 Å². The Morgan fingerprint density at radius 1 is 0.821 bits per heavy atom. The van der Waals surface area contributed by atoms with E-state index in [1.807, 2.05) is 48.5 Å². The van der Waals surface area contributed by atoms with Crippen molar-refractivity contribution in [1.82, 2.24) is 0 Å². The van der Waals surface area contributed by atoms with Crippen LogP contribution in [0.5, 0.6) is 11.5 Å². The van der Waals surface area contributed by atoms with E-state index >= 15 is 0 Å². The van der Waals surface area contributed by atoms with Crippen LogP contribution in [0.15, 0.2) is 103 Å². The summed E-state index contributed by atoms with van der Waals surface area (Å²) in [5, 5.41) is 3.91. The summed E-state index contributed by atoms with van der Waals surface area (Å²) in [5.74, 6) is 0.178. The molecule has 0 N–H and O–H groups in total. The Balaban J connectivity index is 1.39. The smallest absolute Gasteiger partial charge is 0.348 e. The molecule has 0 aliphatic carbocycles. The number of fused-ring (bicyclic) bond motifs is 3. The fraction of sp³-hybridized carbons (Fsp3) is 0.129. The van der Waals surface area contributed by atoms with Crippen LogP contribution in [0.25, 0.3) is 21.5 Å². The van der Waals surface area contributed by atoms with Crippen molar-refractivity contribution in [3.8, 4) is 11.5 Å². The minimum atomic E-state index is -0.546. The number of esters is 2. The van der Waals surface area contributed by atoms with Crippen LogP contribution in [0.1, 0.15) is 17.3 Å². The van der Waals surface area contributed by atoms with E-state index in [2.05, 4.69) is 17.9 Å². The highest BCUT2D eigenvalue weighted by Crippen LogP contribution is 2.31. The molecule has 7 nitrogen and oxygen atoms in total. The summed E-state index contributed by atoms with van der Waals surface area (Å²) < 4.78 is 20.7. The summed E-state index contributed by atoms with van der Waals surface area (Å²) in [5.41, 5.74) is 0.936. The van der Waals surface area contributed by atoms with Gasteiger partial charge >= 0.3 is 11.9 Å². The van der Waals surface area contributed by atoms with E-state index in [-0.39, 0.29) is 24.9 Å². The number of rotatable bonds is 11. The highest BCUT2D eigenvalue weighted by molar-refractivity contribution is 8.14. The zero-order valence-corrected chi connectivity index (χ0v) is 22.1. The molecule has 4 rings (SSSR count). The summed E-state index contributed by atoms with van der Waals surface area (Å²) in [6.07, 6.45) is 1.05. The number of benzene rings is 4. The molecule has 198 valence electrons. The number of hydrogen-bond donors (Lipinski definition) is 0. The molecule has 0 spiro atoms. The first-order chi connectivity index (χ1) is 18.8. The molecule has 8 heteroatoms. The van der Waals surface area contributed by atoms with Crippen molar-refractivity contribution in [3.63, 3.8) is 0 Å². The molecule has 4 aromatic rings. The maximum atomic E-state index is 13.0. The summed E-state index contributed by atoms with van der Waals surface area (Å²) in [4.78, 5) is 36.5. The maximum absolute atomic E-state index is 13.0. The van der Waals surface area contributed by atoms with Crippen LogP contribution in [0.2, 0.25) is 0 Å². The Kier molecular flexibility index (Phi) is 9.01. The van der Waals surface area contributed by atoms with Crippen LogP contribution in [0.3, 0.4) is 0 Å². The Labute approximate surface area is 230 Å². The standard InChI is InChI=1S/C31H26O7S/c1-4-35-29(32)19-38-24-8-11-26(12-9-24)39-31(34)23-7-13-27-21(17-23)5-6-22-18-25(10-14-28(22)27)36-15-16-37-30(33)20(2)3/h4-14,17-18H,1-2,15-16,19H2,3H3. The number of ether oxygens (including phenoxy) is 4. The molecule has 0 aliphatic rings. The van der Waals surface area contributed by atoms with Gasteiger partial charge in [0.25, 0.3) is 0 Å². The first-order valence-electron chi connectivity index (χ1n) is 12.0. The molecule has 0 amide bonds. The van der Waals surface area contributed by atoms with E-state index < -0.39 is 11.9 Å². The van der Waals surface area contributed by atoms with Crippen molar-refractivity contribution in [3.05, 3.63) is 103 Å². The molecular formula is C31H26O7S. The monoisotopic (exact) mass is 542 g/mol. The number of hydrogen-bond acceptors (Lipinski definition) is 8. The summed E-state index contributed by atoms with van der Waals surface area (Å²) in [6, 6.07) is 22.3. The SMILES string of the molecule is C=COC(=O)COc1ccc(SC(=O)c2ccc3c(ccc4cc(OCCOC(=O)C(=C)C)ccc43)c2)cc1. The highest BCUT2D eigenvalue weighted by Gasteiger charge is 2.11. The van der Waals surface area contributed by atoms with Gasteiger partial charge in [-0.25, -0.2) is 9.59 Å². The molecule has 0 radical (unpaired) electrons. The van der Waals surface area contributed by atoms with Gasteiger partial charge in [0, 0.05) is 16.0 Å². The van der Waals surface area contributed by atoms with Crippen molar-refractivity contribution in [2.45, 2.75) is 11.8 Å². The molecule has 0 aromatic heterocycles. The van der Waals surface area contributed by atoms with E-state index in [1.165, 1.54) is 0 Å². The lowest BCUT2D eigenvalue weighted by molar-refractivity contribution is -0.140. The lowest BCUT2D eigenvalue weighted by atomic mass is 10.0. The number of carbonyl (C=O) groups excluding carboxylic acids is 3. The minimum Gasteiger partial charge on any atom is -0.490 e.